The Bertz CT molecular complexity index is 463. The van der Waals surface area contributed by atoms with Gasteiger partial charge in [0.2, 0.25) is 0 Å². The molecular weight excluding hydrogens is 256 g/mol. The topological polar surface area (TPSA) is 29.3 Å². The van der Waals surface area contributed by atoms with Gasteiger partial charge in [0, 0.05) is 19.3 Å². The standard InChI is InChI=1S/C19H32N2/c1-6-16-7-9-17(10-8-16)21(5)19(14-20)12-11-18(3,4)13-15(19)2/h7-10,15H,6,11-14,20H2,1-5H3. The summed E-state index contributed by atoms with van der Waals surface area (Å²) in [5, 5.41) is 0. The van der Waals surface area contributed by atoms with E-state index in [4.69, 9.17) is 5.73 Å². The van der Waals surface area contributed by atoms with Crippen molar-refractivity contribution in [2.45, 2.75) is 58.9 Å². The summed E-state index contributed by atoms with van der Waals surface area (Å²) >= 11 is 0. The van der Waals surface area contributed by atoms with E-state index < -0.39 is 0 Å². The molecule has 0 saturated heterocycles. The average molecular weight is 288 g/mol. The molecule has 1 aliphatic rings. The Morgan fingerprint density at radius 1 is 1.19 bits per heavy atom. The van der Waals surface area contributed by atoms with Gasteiger partial charge in [-0.1, -0.05) is 39.8 Å². The molecule has 1 saturated carbocycles. The SMILES string of the molecule is CCc1ccc(N(C)C2(CN)CCC(C)(C)CC2C)cc1. The first-order chi connectivity index (χ1) is 9.84. The quantitative estimate of drug-likeness (QED) is 0.898. The van der Waals surface area contributed by atoms with Crippen molar-refractivity contribution in [1.29, 1.82) is 0 Å². The van der Waals surface area contributed by atoms with E-state index in [1.54, 1.807) is 0 Å². The van der Waals surface area contributed by atoms with Crippen LogP contribution in [0.3, 0.4) is 0 Å². The van der Waals surface area contributed by atoms with Gasteiger partial charge in [0.15, 0.2) is 0 Å². The van der Waals surface area contributed by atoms with Gasteiger partial charge in [-0.25, -0.2) is 0 Å². The van der Waals surface area contributed by atoms with Crippen LogP contribution < -0.4 is 10.6 Å². The molecule has 0 aliphatic heterocycles. The molecular formula is C19H32N2. The molecule has 0 spiro atoms. The van der Waals surface area contributed by atoms with Crippen LogP contribution in [-0.2, 0) is 6.42 Å². The lowest BCUT2D eigenvalue weighted by Gasteiger charge is -2.53. The molecule has 2 unspecified atom stereocenters. The molecule has 1 aromatic rings. The van der Waals surface area contributed by atoms with Crippen LogP contribution in [0.25, 0.3) is 0 Å². The largest absolute Gasteiger partial charge is 0.367 e. The fraction of sp³-hybridized carbons (Fsp3) is 0.684. The van der Waals surface area contributed by atoms with Crippen LogP contribution in [0.4, 0.5) is 5.69 Å². The predicted molar refractivity (Wildman–Crippen MR) is 92.8 cm³/mol. The molecule has 0 bridgehead atoms. The van der Waals surface area contributed by atoms with Crippen LogP contribution in [0.5, 0.6) is 0 Å². The second kappa shape index (κ2) is 6.00. The number of nitrogens with two attached hydrogens (primary N) is 1. The van der Waals surface area contributed by atoms with Gasteiger partial charge in [0.05, 0.1) is 5.54 Å². The third-order valence-electron chi connectivity index (χ3n) is 5.76. The fourth-order valence-corrected chi connectivity index (χ4v) is 4.07. The molecule has 1 fully saturated rings. The number of likely N-dealkylation sites (N-methyl/N-ethyl adjacent to an activating group) is 1. The third kappa shape index (κ3) is 3.11. The monoisotopic (exact) mass is 288 g/mol. The van der Waals surface area contributed by atoms with E-state index in [1.807, 2.05) is 0 Å². The molecule has 2 nitrogen and oxygen atoms in total. The van der Waals surface area contributed by atoms with Crippen LogP contribution in [-0.4, -0.2) is 19.1 Å². The average Bonchev–Trinajstić information content (AvgIpc) is 2.47. The highest BCUT2D eigenvalue weighted by atomic mass is 15.2. The molecule has 0 radical (unpaired) electrons. The van der Waals surface area contributed by atoms with Gasteiger partial charge >= 0.3 is 0 Å². The second-order valence-corrected chi connectivity index (χ2v) is 7.66. The van der Waals surface area contributed by atoms with Crippen molar-refractivity contribution in [3.05, 3.63) is 29.8 Å². The number of rotatable bonds is 4. The Kier molecular flexibility index (Phi) is 4.67. The number of hydrogen-bond acceptors (Lipinski definition) is 2. The van der Waals surface area contributed by atoms with Gasteiger partial charge < -0.3 is 10.6 Å². The zero-order valence-electron chi connectivity index (χ0n) is 14.4. The Morgan fingerprint density at radius 3 is 2.29 bits per heavy atom. The molecule has 1 aromatic carbocycles. The van der Waals surface area contributed by atoms with Crippen LogP contribution in [0.1, 0.15) is 52.5 Å². The summed E-state index contributed by atoms with van der Waals surface area (Å²) in [7, 11) is 2.22. The van der Waals surface area contributed by atoms with E-state index in [1.165, 1.54) is 30.5 Å². The lowest BCUT2D eigenvalue weighted by Crippen LogP contribution is -2.60. The molecule has 2 rings (SSSR count). The maximum atomic E-state index is 6.27. The minimum absolute atomic E-state index is 0.100. The van der Waals surface area contributed by atoms with Gasteiger partial charge in [-0.2, -0.15) is 0 Å². The minimum atomic E-state index is 0.100. The summed E-state index contributed by atoms with van der Waals surface area (Å²) in [5.74, 6) is 0.613. The van der Waals surface area contributed by atoms with Crippen molar-refractivity contribution in [3.63, 3.8) is 0 Å². The van der Waals surface area contributed by atoms with Gasteiger partial charge in [0.1, 0.15) is 0 Å². The van der Waals surface area contributed by atoms with Gasteiger partial charge in [-0.15, -0.1) is 0 Å². The maximum Gasteiger partial charge on any atom is 0.0546 e. The molecule has 0 amide bonds. The molecule has 21 heavy (non-hydrogen) atoms. The predicted octanol–water partition coefficient (Wildman–Crippen LogP) is 4.23. The van der Waals surface area contributed by atoms with Gasteiger partial charge in [0.25, 0.3) is 0 Å². The summed E-state index contributed by atoms with van der Waals surface area (Å²) in [5.41, 5.74) is 9.51. The first-order valence-electron chi connectivity index (χ1n) is 8.37. The van der Waals surface area contributed by atoms with Gasteiger partial charge in [-0.3, -0.25) is 0 Å². The Hall–Kier alpha value is -1.02. The highest BCUT2D eigenvalue weighted by Gasteiger charge is 2.45. The summed E-state index contributed by atoms with van der Waals surface area (Å²) in [6.07, 6.45) is 4.79. The number of hydrogen-bond donors (Lipinski definition) is 1. The van der Waals surface area contributed by atoms with E-state index in [0.717, 1.165) is 13.0 Å². The molecule has 2 atom stereocenters. The van der Waals surface area contributed by atoms with Crippen molar-refractivity contribution in [1.82, 2.24) is 0 Å². The molecule has 2 heteroatoms. The summed E-state index contributed by atoms with van der Waals surface area (Å²) < 4.78 is 0. The lowest BCUT2D eigenvalue weighted by molar-refractivity contribution is 0.103. The van der Waals surface area contributed by atoms with Crippen LogP contribution in [0.2, 0.25) is 0 Å². The van der Waals surface area contributed by atoms with Crippen LogP contribution >= 0.6 is 0 Å². The first kappa shape index (κ1) is 16.4. The highest BCUT2D eigenvalue weighted by Crippen LogP contribution is 2.46. The summed E-state index contributed by atoms with van der Waals surface area (Å²) in [4.78, 5) is 2.45. The van der Waals surface area contributed by atoms with E-state index in [2.05, 4.69) is 63.9 Å². The number of benzene rings is 1. The molecule has 1 aliphatic carbocycles. The Balaban J connectivity index is 2.26. The minimum Gasteiger partial charge on any atom is -0.367 e. The molecule has 118 valence electrons. The zero-order valence-corrected chi connectivity index (χ0v) is 14.4. The second-order valence-electron chi connectivity index (χ2n) is 7.66. The van der Waals surface area contributed by atoms with E-state index in [9.17, 15) is 0 Å². The van der Waals surface area contributed by atoms with Crippen molar-refractivity contribution >= 4 is 5.69 Å². The number of aryl methyl sites for hydroxylation is 1. The van der Waals surface area contributed by atoms with Gasteiger partial charge in [-0.05, 0) is 54.7 Å². The maximum absolute atomic E-state index is 6.27. The summed E-state index contributed by atoms with van der Waals surface area (Å²) in [6.45, 7) is 10.1. The van der Waals surface area contributed by atoms with Crippen LogP contribution in [0.15, 0.2) is 24.3 Å². The van der Waals surface area contributed by atoms with E-state index in [-0.39, 0.29) is 5.54 Å². The Labute approximate surface area is 130 Å². The zero-order chi connectivity index (χ0) is 15.7. The van der Waals surface area contributed by atoms with E-state index >= 15 is 0 Å². The fourth-order valence-electron chi connectivity index (χ4n) is 4.07. The van der Waals surface area contributed by atoms with E-state index in [0.29, 0.717) is 11.3 Å². The smallest absolute Gasteiger partial charge is 0.0546 e. The first-order valence-corrected chi connectivity index (χ1v) is 8.37. The number of nitrogens with zero attached hydrogens (tertiary/aromatic N) is 1. The summed E-state index contributed by atoms with van der Waals surface area (Å²) in [6, 6.07) is 8.99. The van der Waals surface area contributed by atoms with Crippen molar-refractivity contribution in [2.75, 3.05) is 18.5 Å². The normalized spacial score (nSPS) is 28.4. The lowest BCUT2D eigenvalue weighted by atomic mass is 9.63. The Morgan fingerprint density at radius 2 is 1.81 bits per heavy atom. The van der Waals surface area contributed by atoms with Crippen molar-refractivity contribution < 1.29 is 0 Å². The molecule has 0 aromatic heterocycles. The molecule has 2 N–H and O–H groups in total. The highest BCUT2D eigenvalue weighted by molar-refractivity contribution is 5.50. The molecule has 0 heterocycles. The number of anilines is 1. The third-order valence-corrected chi connectivity index (χ3v) is 5.76. The van der Waals surface area contributed by atoms with Crippen molar-refractivity contribution in [3.8, 4) is 0 Å². The van der Waals surface area contributed by atoms with Crippen molar-refractivity contribution in [2.24, 2.45) is 17.1 Å². The van der Waals surface area contributed by atoms with Crippen LogP contribution in [0, 0.1) is 11.3 Å².